The lowest BCUT2D eigenvalue weighted by molar-refractivity contribution is 0.0973. The molecule has 0 bridgehead atoms. The molecule has 0 N–H and O–H groups in total. The molecule has 0 unspecified atom stereocenters. The molecule has 1 rings (SSSR count). The Labute approximate surface area is 122 Å². The van der Waals surface area contributed by atoms with Gasteiger partial charge in [-0.2, -0.15) is 0 Å². The van der Waals surface area contributed by atoms with Gasteiger partial charge < -0.3 is 4.74 Å². The zero-order valence-corrected chi connectivity index (χ0v) is 12.7. The number of hydrogen-bond donors (Lipinski definition) is 0. The highest BCUT2D eigenvalue weighted by Crippen LogP contribution is 2.12. The molecule has 0 fully saturated rings. The molecule has 0 aliphatic rings. The van der Waals surface area contributed by atoms with Crippen LogP contribution in [0.5, 0.6) is 5.88 Å². The first-order chi connectivity index (χ1) is 9.77. The van der Waals surface area contributed by atoms with Crippen molar-refractivity contribution in [3.8, 4) is 5.88 Å². The Balaban J connectivity index is 2.13. The molecule has 20 heavy (non-hydrogen) atoms. The highest BCUT2D eigenvalue weighted by molar-refractivity contribution is 5.94. The van der Waals surface area contributed by atoms with Crippen molar-refractivity contribution in [2.24, 2.45) is 0 Å². The van der Waals surface area contributed by atoms with Gasteiger partial charge >= 0.3 is 0 Å². The Bertz CT molecular complexity index is 394. The summed E-state index contributed by atoms with van der Waals surface area (Å²) in [6.45, 7) is 2.23. The molecule has 0 atom stereocenters. The molecule has 0 aromatic carbocycles. The maximum atomic E-state index is 11.9. The summed E-state index contributed by atoms with van der Waals surface area (Å²) in [5.41, 5.74) is 0.458. The Morgan fingerprint density at radius 2 is 1.70 bits per heavy atom. The fourth-order valence-electron chi connectivity index (χ4n) is 2.15. The zero-order valence-electron chi connectivity index (χ0n) is 12.7. The molecule has 0 aliphatic carbocycles. The number of hydrogen-bond acceptors (Lipinski definition) is 4. The standard InChI is InChI=1S/C16H26N2O2/c1-3-4-5-6-7-8-9-10-11-15(19)14-12-16(20-2)18-13-17-14/h12-13H,3-11H2,1-2H3. The molecule has 0 radical (unpaired) electrons. The van der Waals surface area contributed by atoms with Gasteiger partial charge in [0.05, 0.1) is 7.11 Å². The molecule has 0 spiro atoms. The molecule has 1 aromatic rings. The van der Waals surface area contributed by atoms with Crippen LogP contribution in [0.3, 0.4) is 0 Å². The van der Waals surface area contributed by atoms with Crippen LogP contribution in [0.25, 0.3) is 0 Å². The lowest BCUT2D eigenvalue weighted by Gasteiger charge is -2.03. The van der Waals surface area contributed by atoms with E-state index in [1.165, 1.54) is 52.0 Å². The van der Waals surface area contributed by atoms with Gasteiger partial charge in [-0.25, -0.2) is 9.97 Å². The largest absolute Gasteiger partial charge is 0.481 e. The lowest BCUT2D eigenvalue weighted by atomic mass is 10.1. The topological polar surface area (TPSA) is 52.1 Å². The summed E-state index contributed by atoms with van der Waals surface area (Å²) in [4.78, 5) is 19.8. The summed E-state index contributed by atoms with van der Waals surface area (Å²) < 4.78 is 4.99. The van der Waals surface area contributed by atoms with Gasteiger partial charge in [0.25, 0.3) is 0 Å². The average Bonchev–Trinajstić information content (AvgIpc) is 2.49. The number of aromatic nitrogens is 2. The summed E-state index contributed by atoms with van der Waals surface area (Å²) in [6, 6.07) is 1.60. The van der Waals surface area contributed by atoms with E-state index in [0.29, 0.717) is 18.0 Å². The summed E-state index contributed by atoms with van der Waals surface area (Å²) >= 11 is 0. The molecule has 1 heterocycles. The highest BCUT2D eigenvalue weighted by Gasteiger charge is 2.08. The number of ether oxygens (including phenoxy) is 1. The fraction of sp³-hybridized carbons (Fsp3) is 0.688. The predicted octanol–water partition coefficient (Wildman–Crippen LogP) is 4.20. The highest BCUT2D eigenvalue weighted by atomic mass is 16.5. The Kier molecular flexibility index (Phi) is 8.59. The number of methoxy groups -OCH3 is 1. The van der Waals surface area contributed by atoms with Gasteiger partial charge in [0.1, 0.15) is 12.0 Å². The van der Waals surface area contributed by atoms with Crippen molar-refractivity contribution in [2.75, 3.05) is 7.11 Å². The molecule has 0 saturated carbocycles. The second kappa shape index (κ2) is 10.4. The van der Waals surface area contributed by atoms with Crippen molar-refractivity contribution in [1.82, 2.24) is 9.97 Å². The van der Waals surface area contributed by atoms with Crippen LogP contribution < -0.4 is 4.74 Å². The van der Waals surface area contributed by atoms with Crippen molar-refractivity contribution in [3.63, 3.8) is 0 Å². The van der Waals surface area contributed by atoms with E-state index in [1.54, 1.807) is 6.07 Å². The van der Waals surface area contributed by atoms with Gasteiger partial charge in [-0.15, -0.1) is 0 Å². The molecule has 1 aromatic heterocycles. The molecule has 0 saturated heterocycles. The molecular formula is C16H26N2O2. The van der Waals surface area contributed by atoms with E-state index in [-0.39, 0.29) is 5.78 Å². The maximum absolute atomic E-state index is 11.9. The van der Waals surface area contributed by atoms with Crippen LogP contribution in [0.1, 0.15) is 75.2 Å². The molecule has 112 valence electrons. The van der Waals surface area contributed by atoms with Gasteiger partial charge in [-0.3, -0.25) is 4.79 Å². The summed E-state index contributed by atoms with van der Waals surface area (Å²) in [7, 11) is 1.54. The number of carbonyl (C=O) groups is 1. The third-order valence-electron chi connectivity index (χ3n) is 3.39. The minimum Gasteiger partial charge on any atom is -0.481 e. The Hall–Kier alpha value is -1.45. The van der Waals surface area contributed by atoms with Crippen molar-refractivity contribution in [1.29, 1.82) is 0 Å². The predicted molar refractivity (Wildman–Crippen MR) is 80.1 cm³/mol. The number of Topliss-reactive ketones (excluding diaryl/α,β-unsaturated/α-hetero) is 1. The number of rotatable bonds is 11. The van der Waals surface area contributed by atoms with Gasteiger partial charge in [-0.05, 0) is 6.42 Å². The van der Waals surface area contributed by atoms with Crippen LogP contribution >= 0.6 is 0 Å². The average molecular weight is 278 g/mol. The van der Waals surface area contributed by atoms with Crippen LogP contribution in [0.15, 0.2) is 12.4 Å². The van der Waals surface area contributed by atoms with E-state index in [1.807, 2.05) is 0 Å². The van der Waals surface area contributed by atoms with E-state index < -0.39 is 0 Å². The van der Waals surface area contributed by atoms with Crippen molar-refractivity contribution < 1.29 is 9.53 Å². The second-order valence-corrected chi connectivity index (χ2v) is 5.09. The molecule has 4 heteroatoms. The van der Waals surface area contributed by atoms with E-state index in [2.05, 4.69) is 16.9 Å². The van der Waals surface area contributed by atoms with Crippen molar-refractivity contribution in [2.45, 2.75) is 64.7 Å². The third-order valence-corrected chi connectivity index (χ3v) is 3.39. The van der Waals surface area contributed by atoms with Gasteiger partial charge in [-0.1, -0.05) is 51.9 Å². The van der Waals surface area contributed by atoms with Crippen LogP contribution in [0, 0.1) is 0 Å². The fourth-order valence-corrected chi connectivity index (χ4v) is 2.15. The van der Waals surface area contributed by atoms with Gasteiger partial charge in [0.15, 0.2) is 5.78 Å². The van der Waals surface area contributed by atoms with Crippen LogP contribution in [-0.2, 0) is 0 Å². The maximum Gasteiger partial charge on any atom is 0.216 e. The number of carbonyl (C=O) groups excluding carboxylic acids is 1. The summed E-state index contributed by atoms with van der Waals surface area (Å²) in [5, 5.41) is 0. The van der Waals surface area contributed by atoms with Crippen LogP contribution in [0.4, 0.5) is 0 Å². The van der Waals surface area contributed by atoms with Gasteiger partial charge in [0, 0.05) is 12.5 Å². The summed E-state index contributed by atoms with van der Waals surface area (Å²) in [6.07, 6.45) is 11.8. The van der Waals surface area contributed by atoms with E-state index in [4.69, 9.17) is 4.74 Å². The third kappa shape index (κ3) is 6.64. The minimum absolute atomic E-state index is 0.0803. The normalized spacial score (nSPS) is 10.5. The first-order valence-corrected chi connectivity index (χ1v) is 7.67. The van der Waals surface area contributed by atoms with E-state index in [9.17, 15) is 4.79 Å². The van der Waals surface area contributed by atoms with Crippen molar-refractivity contribution in [3.05, 3.63) is 18.1 Å². The van der Waals surface area contributed by atoms with Crippen molar-refractivity contribution >= 4 is 5.78 Å². The van der Waals surface area contributed by atoms with Gasteiger partial charge in [0.2, 0.25) is 5.88 Å². The Morgan fingerprint density at radius 3 is 2.35 bits per heavy atom. The Morgan fingerprint density at radius 1 is 1.05 bits per heavy atom. The van der Waals surface area contributed by atoms with Crippen LogP contribution in [0.2, 0.25) is 0 Å². The lowest BCUT2D eigenvalue weighted by Crippen LogP contribution is -2.03. The first kappa shape index (κ1) is 16.6. The van der Waals surface area contributed by atoms with Crippen LogP contribution in [-0.4, -0.2) is 22.9 Å². The molecule has 0 aliphatic heterocycles. The minimum atomic E-state index is 0.0803. The second-order valence-electron chi connectivity index (χ2n) is 5.09. The quantitative estimate of drug-likeness (QED) is 0.449. The van der Waals surface area contributed by atoms with E-state index in [0.717, 1.165) is 12.8 Å². The number of nitrogens with zero attached hydrogens (tertiary/aromatic N) is 2. The molecular weight excluding hydrogens is 252 g/mol. The SMILES string of the molecule is CCCCCCCCCCC(=O)c1cc(OC)ncn1. The molecule has 0 amide bonds. The van der Waals surface area contributed by atoms with E-state index >= 15 is 0 Å². The smallest absolute Gasteiger partial charge is 0.216 e. The number of ketones is 1. The summed E-state index contributed by atoms with van der Waals surface area (Å²) in [5.74, 6) is 0.524. The zero-order chi connectivity index (χ0) is 14.6. The monoisotopic (exact) mass is 278 g/mol. The number of unbranched alkanes of at least 4 members (excludes halogenated alkanes) is 7. The first-order valence-electron chi connectivity index (χ1n) is 7.67. The molecule has 4 nitrogen and oxygen atoms in total.